The molecule has 1 aliphatic rings. The van der Waals surface area contributed by atoms with Crippen LogP contribution in [0.2, 0.25) is 0 Å². The second-order valence-corrected chi connectivity index (χ2v) is 9.62. The maximum Gasteiger partial charge on any atom is 0.407 e. The number of aliphatic hydroxyl groups excluding tert-OH is 1. The molecule has 0 radical (unpaired) electrons. The average Bonchev–Trinajstić information content (AvgIpc) is 2.97. The molecule has 0 fully saturated rings. The van der Waals surface area contributed by atoms with Gasteiger partial charge in [-0.3, -0.25) is 0 Å². The van der Waals surface area contributed by atoms with Crippen LogP contribution < -0.4 is 5.32 Å². The molecule has 3 rings (SSSR count). The summed E-state index contributed by atoms with van der Waals surface area (Å²) in [6.45, 7) is 6.51. The summed E-state index contributed by atoms with van der Waals surface area (Å²) >= 11 is 1.70. The molecule has 144 valence electrons. The molecule has 5 heteroatoms. The maximum atomic E-state index is 12.3. The molecule has 2 aromatic carbocycles. The Kier molecular flexibility index (Phi) is 6.12. The van der Waals surface area contributed by atoms with Crippen LogP contribution in [-0.2, 0) is 4.74 Å². The molecule has 0 aromatic heterocycles. The van der Waals surface area contributed by atoms with Crippen molar-refractivity contribution >= 4 is 17.9 Å². The Labute approximate surface area is 165 Å². The average molecular weight is 386 g/mol. The normalized spacial score (nSPS) is 14.4. The highest BCUT2D eigenvalue weighted by molar-refractivity contribution is 8.00. The zero-order chi connectivity index (χ0) is 19.4. The third-order valence-electron chi connectivity index (χ3n) is 4.60. The molecule has 0 aliphatic heterocycles. The Morgan fingerprint density at radius 1 is 1.11 bits per heavy atom. The molecular formula is C22H27NO3S. The largest absolute Gasteiger partial charge is 0.449 e. The number of nitrogens with one attached hydrogen (secondary N) is 1. The summed E-state index contributed by atoms with van der Waals surface area (Å²) in [6, 6.07) is 16.2. The van der Waals surface area contributed by atoms with Gasteiger partial charge in [-0.15, -0.1) is 0 Å². The fraction of sp³-hybridized carbons (Fsp3) is 0.409. The number of benzene rings is 2. The van der Waals surface area contributed by atoms with Gasteiger partial charge in [-0.1, -0.05) is 69.3 Å². The van der Waals surface area contributed by atoms with Gasteiger partial charge in [0.1, 0.15) is 6.61 Å². The number of alkyl carbamates (subject to hydrolysis) is 1. The molecule has 1 amide bonds. The van der Waals surface area contributed by atoms with Crippen LogP contribution in [-0.4, -0.2) is 41.0 Å². The highest BCUT2D eigenvalue weighted by atomic mass is 32.2. The van der Waals surface area contributed by atoms with E-state index in [2.05, 4.69) is 50.4 Å². The van der Waals surface area contributed by atoms with E-state index >= 15 is 0 Å². The number of hydrogen-bond acceptors (Lipinski definition) is 4. The van der Waals surface area contributed by atoms with E-state index in [1.54, 1.807) is 11.8 Å². The second kappa shape index (κ2) is 8.36. The van der Waals surface area contributed by atoms with E-state index < -0.39 is 6.09 Å². The molecule has 0 bridgehead atoms. The number of carbonyl (C=O) groups excluding carboxylic acids is 1. The summed E-state index contributed by atoms with van der Waals surface area (Å²) in [5.41, 5.74) is 4.79. The van der Waals surface area contributed by atoms with Gasteiger partial charge in [0.15, 0.2) is 0 Å². The van der Waals surface area contributed by atoms with E-state index in [0.717, 1.165) is 0 Å². The van der Waals surface area contributed by atoms with Gasteiger partial charge in [-0.05, 0) is 22.3 Å². The van der Waals surface area contributed by atoms with E-state index in [1.807, 2.05) is 24.3 Å². The second-order valence-electron chi connectivity index (χ2n) is 7.77. The standard InChI is InChI=1S/C22H27NO3S/c1-22(2,3)27-14-15(12-24)23-21(25)26-13-20-18-10-6-4-8-16(18)17-9-5-7-11-19(17)20/h4-11,15,20,24H,12-14H2,1-3H3,(H,23,25)/t15-/m0/s1. The lowest BCUT2D eigenvalue weighted by Gasteiger charge is -2.22. The van der Waals surface area contributed by atoms with Crippen molar-refractivity contribution in [1.82, 2.24) is 5.32 Å². The predicted molar refractivity (Wildman–Crippen MR) is 111 cm³/mol. The molecule has 0 saturated carbocycles. The van der Waals surface area contributed by atoms with Crippen molar-refractivity contribution in [2.45, 2.75) is 37.5 Å². The minimum atomic E-state index is -0.481. The van der Waals surface area contributed by atoms with Crippen LogP contribution in [0.15, 0.2) is 48.5 Å². The summed E-state index contributed by atoms with van der Waals surface area (Å²) in [6.07, 6.45) is -0.481. The topological polar surface area (TPSA) is 58.6 Å². The summed E-state index contributed by atoms with van der Waals surface area (Å²) in [5, 5.41) is 12.3. The van der Waals surface area contributed by atoms with E-state index in [0.29, 0.717) is 5.75 Å². The molecule has 0 saturated heterocycles. The summed E-state index contributed by atoms with van der Waals surface area (Å²) in [5.74, 6) is 0.684. The molecular weight excluding hydrogens is 358 g/mol. The lowest BCUT2D eigenvalue weighted by molar-refractivity contribution is 0.134. The van der Waals surface area contributed by atoms with Crippen LogP contribution in [0.4, 0.5) is 4.79 Å². The van der Waals surface area contributed by atoms with Gasteiger partial charge in [0.2, 0.25) is 0 Å². The molecule has 0 spiro atoms. The minimum Gasteiger partial charge on any atom is -0.449 e. The van der Waals surface area contributed by atoms with Crippen molar-refractivity contribution in [2.24, 2.45) is 0 Å². The van der Waals surface area contributed by atoms with Gasteiger partial charge in [-0.25, -0.2) is 4.79 Å². The summed E-state index contributed by atoms with van der Waals surface area (Å²) < 4.78 is 5.61. The lowest BCUT2D eigenvalue weighted by Crippen LogP contribution is -2.40. The molecule has 2 N–H and O–H groups in total. The van der Waals surface area contributed by atoms with Crippen molar-refractivity contribution < 1.29 is 14.6 Å². The van der Waals surface area contributed by atoms with Gasteiger partial charge in [0, 0.05) is 16.4 Å². The Balaban J connectivity index is 1.62. The molecule has 4 nitrogen and oxygen atoms in total. The first-order chi connectivity index (χ1) is 12.9. The molecule has 1 atom stereocenters. The first-order valence-electron chi connectivity index (χ1n) is 9.25. The van der Waals surface area contributed by atoms with Gasteiger partial charge < -0.3 is 15.2 Å². The molecule has 27 heavy (non-hydrogen) atoms. The highest BCUT2D eigenvalue weighted by Gasteiger charge is 2.29. The van der Waals surface area contributed by atoms with Crippen molar-refractivity contribution in [3.8, 4) is 11.1 Å². The summed E-state index contributed by atoms with van der Waals surface area (Å²) in [7, 11) is 0. The van der Waals surface area contributed by atoms with Crippen LogP contribution in [0.25, 0.3) is 11.1 Å². The van der Waals surface area contributed by atoms with E-state index in [9.17, 15) is 9.90 Å². The monoisotopic (exact) mass is 385 g/mol. The fourth-order valence-corrected chi connectivity index (χ4v) is 4.19. The van der Waals surface area contributed by atoms with Gasteiger partial charge in [-0.2, -0.15) is 11.8 Å². The van der Waals surface area contributed by atoms with E-state index in [-0.39, 0.29) is 29.9 Å². The lowest BCUT2D eigenvalue weighted by atomic mass is 9.98. The van der Waals surface area contributed by atoms with Crippen LogP contribution >= 0.6 is 11.8 Å². The third-order valence-corrected chi connectivity index (χ3v) is 6.04. The Morgan fingerprint density at radius 3 is 2.19 bits per heavy atom. The Morgan fingerprint density at radius 2 is 1.67 bits per heavy atom. The number of aliphatic hydroxyl groups is 1. The number of fused-ring (bicyclic) bond motifs is 3. The quantitative estimate of drug-likeness (QED) is 0.773. The molecule has 2 aromatic rings. The van der Waals surface area contributed by atoms with Gasteiger partial charge >= 0.3 is 6.09 Å². The number of ether oxygens (including phenoxy) is 1. The SMILES string of the molecule is CC(C)(C)SC[C@H](CO)NC(=O)OCC1c2ccccc2-c2ccccc21. The van der Waals surface area contributed by atoms with Crippen molar-refractivity contribution in [3.05, 3.63) is 59.7 Å². The first kappa shape index (κ1) is 19.8. The molecule has 0 heterocycles. The van der Waals surface area contributed by atoms with Gasteiger partial charge in [0.25, 0.3) is 0 Å². The van der Waals surface area contributed by atoms with E-state index in [4.69, 9.17) is 4.74 Å². The summed E-state index contributed by atoms with van der Waals surface area (Å²) in [4.78, 5) is 12.3. The number of hydrogen-bond donors (Lipinski definition) is 2. The Hall–Kier alpha value is -1.98. The number of carbonyl (C=O) groups is 1. The number of rotatable bonds is 6. The highest BCUT2D eigenvalue weighted by Crippen LogP contribution is 2.44. The zero-order valence-electron chi connectivity index (χ0n) is 16.1. The van der Waals surface area contributed by atoms with Crippen LogP contribution in [0.5, 0.6) is 0 Å². The van der Waals surface area contributed by atoms with Crippen LogP contribution in [0, 0.1) is 0 Å². The van der Waals surface area contributed by atoms with Crippen molar-refractivity contribution in [1.29, 1.82) is 0 Å². The first-order valence-corrected chi connectivity index (χ1v) is 10.2. The van der Waals surface area contributed by atoms with Gasteiger partial charge in [0.05, 0.1) is 12.6 Å². The van der Waals surface area contributed by atoms with Crippen LogP contribution in [0.3, 0.4) is 0 Å². The van der Waals surface area contributed by atoms with Crippen molar-refractivity contribution in [2.75, 3.05) is 19.0 Å². The zero-order valence-corrected chi connectivity index (χ0v) is 16.9. The Bertz CT molecular complexity index is 755. The predicted octanol–water partition coefficient (Wildman–Crippen LogP) is 4.42. The maximum absolute atomic E-state index is 12.3. The fourth-order valence-electron chi connectivity index (χ4n) is 3.30. The van der Waals surface area contributed by atoms with E-state index in [1.165, 1.54) is 22.3 Å². The van der Waals surface area contributed by atoms with Crippen LogP contribution in [0.1, 0.15) is 37.8 Å². The number of thioether (sulfide) groups is 1. The molecule has 1 aliphatic carbocycles. The van der Waals surface area contributed by atoms with Crippen molar-refractivity contribution in [3.63, 3.8) is 0 Å². The minimum absolute atomic E-state index is 0.0414. The molecule has 0 unspecified atom stereocenters. The smallest absolute Gasteiger partial charge is 0.407 e. The number of amides is 1. The third kappa shape index (κ3) is 4.85.